The number of carbonyl (C=O) groups excluding carboxylic acids is 1. The van der Waals surface area contributed by atoms with Crippen molar-refractivity contribution in [2.75, 3.05) is 43.4 Å². The van der Waals surface area contributed by atoms with Crippen LogP contribution in [-0.4, -0.2) is 49.3 Å². The number of halogens is 1. The Hall–Kier alpha value is -3.32. The lowest BCUT2D eigenvalue weighted by Crippen LogP contribution is -3.12. The highest BCUT2D eigenvalue weighted by Gasteiger charge is 2.18. The molecule has 1 amide bonds. The van der Waals surface area contributed by atoms with Crippen molar-refractivity contribution in [2.45, 2.75) is 0 Å². The highest BCUT2D eigenvalue weighted by molar-refractivity contribution is 6.04. The molecule has 0 spiro atoms. The average Bonchev–Trinajstić information content (AvgIpc) is 2.75. The van der Waals surface area contributed by atoms with E-state index in [1.54, 1.807) is 24.3 Å². The summed E-state index contributed by atoms with van der Waals surface area (Å²) in [5.74, 6) is -0.122. The van der Waals surface area contributed by atoms with Crippen LogP contribution in [0.3, 0.4) is 0 Å². The van der Waals surface area contributed by atoms with Gasteiger partial charge in [-0.15, -0.1) is 10.2 Å². The van der Waals surface area contributed by atoms with Crippen LogP contribution in [0.5, 0.6) is 0 Å². The molecular formula is C22H23FN5O+. The first-order chi connectivity index (χ1) is 14.1. The van der Waals surface area contributed by atoms with E-state index >= 15 is 0 Å². The molecule has 1 fully saturated rings. The van der Waals surface area contributed by atoms with Gasteiger partial charge in [0, 0.05) is 11.3 Å². The second-order valence-corrected chi connectivity index (χ2v) is 7.23. The van der Waals surface area contributed by atoms with Gasteiger partial charge in [0.05, 0.1) is 44.5 Å². The summed E-state index contributed by atoms with van der Waals surface area (Å²) in [6, 6.07) is 17.1. The van der Waals surface area contributed by atoms with Crippen LogP contribution >= 0.6 is 0 Å². The van der Waals surface area contributed by atoms with Gasteiger partial charge in [0.2, 0.25) is 0 Å². The monoisotopic (exact) mass is 392 g/mol. The Labute approximate surface area is 169 Å². The molecule has 2 N–H and O–H groups in total. The number of benzene rings is 2. The maximum Gasteiger partial charge on any atom is 0.258 e. The van der Waals surface area contributed by atoms with E-state index in [1.165, 1.54) is 17.0 Å². The van der Waals surface area contributed by atoms with Crippen LogP contribution in [-0.2, 0) is 0 Å². The lowest BCUT2D eigenvalue weighted by molar-refractivity contribution is -0.880. The Morgan fingerprint density at radius 1 is 1.00 bits per heavy atom. The van der Waals surface area contributed by atoms with Gasteiger partial charge in [0.1, 0.15) is 5.82 Å². The summed E-state index contributed by atoms with van der Waals surface area (Å²) >= 11 is 0. The minimum absolute atomic E-state index is 0.0172. The van der Waals surface area contributed by atoms with E-state index in [9.17, 15) is 9.18 Å². The lowest BCUT2D eigenvalue weighted by atomic mass is 10.1. The summed E-state index contributed by atoms with van der Waals surface area (Å²) in [4.78, 5) is 16.0. The molecule has 7 heteroatoms. The first kappa shape index (κ1) is 19.0. The SMILES string of the molecule is C[NH+]1CCN(c2ccc(-c3ccc(NC(=O)c4ccccc4F)cc3)nn2)CC1. The molecular weight excluding hydrogens is 369 g/mol. The Morgan fingerprint density at radius 3 is 2.38 bits per heavy atom. The van der Waals surface area contributed by atoms with Crippen LogP contribution in [0, 0.1) is 5.82 Å². The highest BCUT2D eigenvalue weighted by atomic mass is 19.1. The van der Waals surface area contributed by atoms with Crippen LogP contribution in [0.15, 0.2) is 60.7 Å². The molecule has 2 aromatic carbocycles. The number of likely N-dealkylation sites (N-methyl/N-ethyl adjacent to an activating group) is 1. The molecule has 0 saturated carbocycles. The van der Waals surface area contributed by atoms with E-state index in [0.29, 0.717) is 5.69 Å². The van der Waals surface area contributed by atoms with Crippen LogP contribution in [0.4, 0.5) is 15.9 Å². The number of rotatable bonds is 4. The van der Waals surface area contributed by atoms with E-state index in [0.717, 1.165) is 43.3 Å². The van der Waals surface area contributed by atoms with Crippen molar-refractivity contribution >= 4 is 17.4 Å². The molecule has 0 aliphatic carbocycles. The average molecular weight is 392 g/mol. The number of piperazine rings is 1. The van der Waals surface area contributed by atoms with Crippen molar-refractivity contribution in [2.24, 2.45) is 0 Å². The largest absolute Gasteiger partial charge is 0.344 e. The highest BCUT2D eigenvalue weighted by Crippen LogP contribution is 2.21. The molecule has 148 valence electrons. The number of anilines is 2. The van der Waals surface area contributed by atoms with Crippen LogP contribution in [0.1, 0.15) is 10.4 Å². The van der Waals surface area contributed by atoms with Gasteiger partial charge in [0.15, 0.2) is 5.82 Å². The Kier molecular flexibility index (Phi) is 5.48. The maximum atomic E-state index is 13.7. The third kappa shape index (κ3) is 4.41. The number of carbonyl (C=O) groups is 1. The second kappa shape index (κ2) is 8.36. The zero-order chi connectivity index (χ0) is 20.2. The third-order valence-electron chi connectivity index (χ3n) is 5.15. The first-order valence-electron chi connectivity index (χ1n) is 9.66. The zero-order valence-corrected chi connectivity index (χ0v) is 16.2. The van der Waals surface area contributed by atoms with Crippen molar-refractivity contribution in [3.8, 4) is 11.3 Å². The second-order valence-electron chi connectivity index (χ2n) is 7.23. The fourth-order valence-corrected chi connectivity index (χ4v) is 3.33. The summed E-state index contributed by atoms with van der Waals surface area (Å²) < 4.78 is 13.7. The quantitative estimate of drug-likeness (QED) is 0.712. The molecule has 1 aliphatic heterocycles. The van der Waals surface area contributed by atoms with E-state index in [1.807, 2.05) is 24.3 Å². The summed E-state index contributed by atoms with van der Waals surface area (Å²) in [5, 5.41) is 11.4. The third-order valence-corrected chi connectivity index (χ3v) is 5.15. The van der Waals surface area contributed by atoms with Crippen molar-refractivity contribution in [1.29, 1.82) is 0 Å². The number of nitrogens with one attached hydrogen (secondary N) is 2. The Balaban J connectivity index is 1.42. The molecule has 2 heterocycles. The number of hydrogen-bond acceptors (Lipinski definition) is 4. The molecule has 0 radical (unpaired) electrons. The van der Waals surface area contributed by atoms with Crippen molar-refractivity contribution in [3.05, 3.63) is 72.0 Å². The van der Waals surface area contributed by atoms with E-state index < -0.39 is 11.7 Å². The maximum absolute atomic E-state index is 13.7. The molecule has 0 atom stereocenters. The van der Waals surface area contributed by atoms with Crippen molar-refractivity contribution < 1.29 is 14.1 Å². The van der Waals surface area contributed by atoms with Gasteiger partial charge in [-0.1, -0.05) is 24.3 Å². The van der Waals surface area contributed by atoms with Gasteiger partial charge < -0.3 is 15.1 Å². The van der Waals surface area contributed by atoms with Crippen molar-refractivity contribution in [3.63, 3.8) is 0 Å². The molecule has 29 heavy (non-hydrogen) atoms. The fraction of sp³-hybridized carbons (Fsp3) is 0.227. The predicted molar refractivity (Wildman–Crippen MR) is 111 cm³/mol. The fourth-order valence-electron chi connectivity index (χ4n) is 3.33. The van der Waals surface area contributed by atoms with E-state index in [2.05, 4.69) is 27.5 Å². The summed E-state index contributed by atoms with van der Waals surface area (Å²) in [5.41, 5.74) is 2.27. The molecule has 0 bridgehead atoms. The molecule has 6 nitrogen and oxygen atoms in total. The molecule has 0 unspecified atom stereocenters. The summed E-state index contributed by atoms with van der Waals surface area (Å²) in [7, 11) is 2.20. The number of quaternary nitrogens is 1. The first-order valence-corrected chi connectivity index (χ1v) is 9.66. The van der Waals surface area contributed by atoms with Crippen LogP contribution in [0.25, 0.3) is 11.3 Å². The number of hydrogen-bond donors (Lipinski definition) is 2. The molecule has 1 aromatic heterocycles. The van der Waals surface area contributed by atoms with E-state index in [4.69, 9.17) is 0 Å². The Morgan fingerprint density at radius 2 is 1.72 bits per heavy atom. The predicted octanol–water partition coefficient (Wildman–Crippen LogP) is 1.87. The van der Waals surface area contributed by atoms with Gasteiger partial charge in [-0.25, -0.2) is 4.39 Å². The molecule has 1 aliphatic rings. The van der Waals surface area contributed by atoms with E-state index in [-0.39, 0.29) is 5.56 Å². The van der Waals surface area contributed by atoms with Crippen molar-refractivity contribution in [1.82, 2.24) is 10.2 Å². The van der Waals surface area contributed by atoms with Crippen LogP contribution in [0.2, 0.25) is 0 Å². The number of amides is 1. The minimum atomic E-state index is -0.543. The summed E-state index contributed by atoms with van der Waals surface area (Å²) in [6.45, 7) is 4.17. The number of aromatic nitrogens is 2. The number of nitrogens with zero attached hydrogens (tertiary/aromatic N) is 3. The minimum Gasteiger partial charge on any atom is -0.344 e. The normalized spacial score (nSPS) is 14.6. The molecule has 3 aromatic rings. The topological polar surface area (TPSA) is 62.6 Å². The van der Waals surface area contributed by atoms with Gasteiger partial charge in [-0.2, -0.15) is 0 Å². The summed E-state index contributed by atoms with van der Waals surface area (Å²) in [6.07, 6.45) is 0. The Bertz CT molecular complexity index is 983. The van der Waals surface area contributed by atoms with Gasteiger partial charge >= 0.3 is 0 Å². The van der Waals surface area contributed by atoms with Gasteiger partial charge in [-0.05, 0) is 36.4 Å². The zero-order valence-electron chi connectivity index (χ0n) is 16.2. The van der Waals surface area contributed by atoms with Gasteiger partial charge in [-0.3, -0.25) is 4.79 Å². The molecule has 4 rings (SSSR count). The standard InChI is InChI=1S/C22H22FN5O/c1-27-12-14-28(15-13-27)21-11-10-20(25-26-21)16-6-8-17(9-7-16)24-22(29)18-4-2-3-5-19(18)23/h2-11H,12-15H2,1H3,(H,24,29)/p+1. The smallest absolute Gasteiger partial charge is 0.258 e. The lowest BCUT2D eigenvalue weighted by Gasteiger charge is -2.30. The van der Waals surface area contributed by atoms with Gasteiger partial charge in [0.25, 0.3) is 5.91 Å². The van der Waals surface area contributed by atoms with Crippen LogP contribution < -0.4 is 15.1 Å². The molecule has 1 saturated heterocycles.